The maximum Gasteiger partial charge on any atom is 0.225 e. The van der Waals surface area contributed by atoms with Crippen LogP contribution in [0, 0.1) is 0 Å². The Morgan fingerprint density at radius 3 is 2.53 bits per heavy atom. The van der Waals surface area contributed by atoms with Gasteiger partial charge in [-0.3, -0.25) is 9.59 Å². The number of carbonyl (C=O) groups excluding carboxylic acids is 2. The van der Waals surface area contributed by atoms with Crippen LogP contribution in [0.2, 0.25) is 10.0 Å². The van der Waals surface area contributed by atoms with Crippen LogP contribution in [0.3, 0.4) is 0 Å². The van der Waals surface area contributed by atoms with E-state index in [0.29, 0.717) is 38.6 Å². The normalized spacial score (nSPS) is 21.3. The quantitative estimate of drug-likeness (QED) is 0.573. The summed E-state index contributed by atoms with van der Waals surface area (Å²) in [6, 6.07) is 8.76. The van der Waals surface area contributed by atoms with E-state index >= 15 is 0 Å². The smallest absolute Gasteiger partial charge is 0.225 e. The van der Waals surface area contributed by atoms with Gasteiger partial charge in [0.05, 0.1) is 21.6 Å². The maximum atomic E-state index is 13.2. The average Bonchev–Trinajstić information content (AvgIpc) is 2.70. The zero-order valence-corrected chi connectivity index (χ0v) is 19.1. The number of phenols is 1. The van der Waals surface area contributed by atoms with Gasteiger partial charge in [-0.25, -0.2) is 0 Å². The number of Topliss-reactive ketones (excluding diaryl/α,β-unsaturated/α-hetero) is 1. The lowest BCUT2D eigenvalue weighted by Gasteiger charge is -2.34. The molecular formula is C22H18BrCl2NO4. The van der Waals surface area contributed by atoms with E-state index in [1.165, 1.54) is 7.11 Å². The van der Waals surface area contributed by atoms with Gasteiger partial charge in [-0.05, 0) is 63.7 Å². The van der Waals surface area contributed by atoms with Gasteiger partial charge in [0.2, 0.25) is 5.91 Å². The van der Waals surface area contributed by atoms with Crippen LogP contribution in [-0.2, 0) is 9.59 Å². The number of nitrogens with one attached hydrogen (secondary N) is 1. The monoisotopic (exact) mass is 509 g/mol. The van der Waals surface area contributed by atoms with Crippen LogP contribution in [0.1, 0.15) is 42.2 Å². The van der Waals surface area contributed by atoms with Crippen molar-refractivity contribution >= 4 is 50.8 Å². The standard InChI is InChI=1S/C22H18BrCl2NO4/c1-30-19-8-12(4-14(23)22(19)29)13-9-20(28)26-17-6-11(7-18(27)21(13)17)10-2-3-15(24)16(25)5-10/h2-5,8,11,13,29H,6-7,9H2,1H3,(H,26,28). The molecule has 2 atom stereocenters. The van der Waals surface area contributed by atoms with Crippen molar-refractivity contribution in [3.05, 3.63) is 67.2 Å². The Morgan fingerprint density at radius 2 is 1.83 bits per heavy atom. The zero-order valence-electron chi connectivity index (χ0n) is 16.0. The molecule has 0 saturated heterocycles. The van der Waals surface area contributed by atoms with E-state index in [0.717, 1.165) is 11.1 Å². The molecule has 2 aliphatic rings. The molecule has 4 rings (SSSR count). The molecule has 1 aliphatic carbocycles. The van der Waals surface area contributed by atoms with Crippen molar-refractivity contribution in [1.82, 2.24) is 5.32 Å². The Bertz CT molecular complexity index is 1100. The van der Waals surface area contributed by atoms with Gasteiger partial charge >= 0.3 is 0 Å². The van der Waals surface area contributed by atoms with E-state index in [9.17, 15) is 14.7 Å². The second-order valence-electron chi connectivity index (χ2n) is 7.45. The summed E-state index contributed by atoms with van der Waals surface area (Å²) in [5.41, 5.74) is 2.91. The van der Waals surface area contributed by atoms with Crippen LogP contribution in [-0.4, -0.2) is 23.9 Å². The minimum Gasteiger partial charge on any atom is -0.503 e. The minimum absolute atomic E-state index is 0.0134. The van der Waals surface area contributed by atoms with Gasteiger partial charge in [-0.2, -0.15) is 0 Å². The predicted octanol–water partition coefficient (Wildman–Crippen LogP) is 5.47. The number of ether oxygens (including phenoxy) is 1. The highest BCUT2D eigenvalue weighted by Crippen LogP contribution is 2.46. The number of benzene rings is 2. The molecule has 2 aromatic carbocycles. The molecule has 0 aromatic heterocycles. The summed E-state index contributed by atoms with van der Waals surface area (Å²) in [5.74, 6) is -0.396. The first-order chi connectivity index (χ1) is 14.3. The molecule has 2 unspecified atom stereocenters. The number of phenolic OH excluding ortho intramolecular Hbond substituents is 1. The van der Waals surface area contributed by atoms with Crippen molar-refractivity contribution < 1.29 is 19.4 Å². The van der Waals surface area contributed by atoms with Gasteiger partial charge in [-0.1, -0.05) is 29.3 Å². The number of amides is 1. The minimum atomic E-state index is -0.401. The predicted molar refractivity (Wildman–Crippen MR) is 118 cm³/mol. The third kappa shape index (κ3) is 3.84. The molecule has 2 aromatic rings. The van der Waals surface area contributed by atoms with Gasteiger partial charge in [-0.15, -0.1) is 0 Å². The lowest BCUT2D eigenvalue weighted by Crippen LogP contribution is -2.38. The summed E-state index contributed by atoms with van der Waals surface area (Å²) in [4.78, 5) is 25.7. The van der Waals surface area contributed by atoms with Gasteiger partial charge in [0, 0.05) is 30.0 Å². The molecule has 0 spiro atoms. The summed E-state index contributed by atoms with van der Waals surface area (Å²) in [5, 5.41) is 13.9. The molecule has 5 nitrogen and oxygen atoms in total. The molecule has 0 saturated carbocycles. The number of hydrogen-bond donors (Lipinski definition) is 2. The van der Waals surface area contributed by atoms with Crippen molar-refractivity contribution in [3.63, 3.8) is 0 Å². The summed E-state index contributed by atoms with van der Waals surface area (Å²) < 4.78 is 5.68. The molecular weight excluding hydrogens is 493 g/mol. The summed E-state index contributed by atoms with van der Waals surface area (Å²) in [7, 11) is 1.46. The highest BCUT2D eigenvalue weighted by molar-refractivity contribution is 9.10. The van der Waals surface area contributed by atoms with E-state index < -0.39 is 5.92 Å². The first-order valence-electron chi connectivity index (χ1n) is 9.36. The lowest BCUT2D eigenvalue weighted by molar-refractivity contribution is -0.122. The fourth-order valence-electron chi connectivity index (χ4n) is 4.20. The molecule has 0 fully saturated rings. The molecule has 156 valence electrons. The fraction of sp³-hybridized carbons (Fsp3) is 0.273. The number of hydrogen-bond acceptors (Lipinski definition) is 4. The molecule has 1 aliphatic heterocycles. The number of allylic oxidation sites excluding steroid dienone is 2. The van der Waals surface area contributed by atoms with Gasteiger partial charge in [0.15, 0.2) is 17.3 Å². The molecule has 8 heteroatoms. The Balaban J connectivity index is 1.74. The summed E-state index contributed by atoms with van der Waals surface area (Å²) >= 11 is 15.5. The molecule has 1 amide bonds. The first-order valence-corrected chi connectivity index (χ1v) is 10.9. The second-order valence-corrected chi connectivity index (χ2v) is 9.12. The van der Waals surface area contributed by atoms with Crippen molar-refractivity contribution in [2.45, 2.75) is 31.1 Å². The SMILES string of the molecule is COc1cc(C2CC(=O)NC3=C2C(=O)CC(c2ccc(Cl)c(Cl)c2)C3)cc(Br)c1O. The zero-order chi connectivity index (χ0) is 21.6. The van der Waals surface area contributed by atoms with Gasteiger partial charge in [0.25, 0.3) is 0 Å². The highest BCUT2D eigenvalue weighted by atomic mass is 79.9. The summed E-state index contributed by atoms with van der Waals surface area (Å²) in [6.45, 7) is 0. The van der Waals surface area contributed by atoms with E-state index in [1.54, 1.807) is 24.3 Å². The van der Waals surface area contributed by atoms with Crippen LogP contribution in [0.15, 0.2) is 46.1 Å². The highest BCUT2D eigenvalue weighted by Gasteiger charge is 2.38. The average molecular weight is 511 g/mol. The molecule has 1 heterocycles. The Labute approximate surface area is 192 Å². The molecule has 0 radical (unpaired) electrons. The molecule has 0 bridgehead atoms. The van der Waals surface area contributed by atoms with E-state index in [1.807, 2.05) is 6.07 Å². The van der Waals surface area contributed by atoms with Crippen LogP contribution < -0.4 is 10.1 Å². The number of rotatable bonds is 3. The molecule has 2 N–H and O–H groups in total. The first kappa shape index (κ1) is 21.2. The van der Waals surface area contributed by atoms with E-state index in [2.05, 4.69) is 21.2 Å². The third-order valence-corrected chi connectivity index (χ3v) is 6.97. The Morgan fingerprint density at radius 1 is 1.07 bits per heavy atom. The topological polar surface area (TPSA) is 75.6 Å². The number of methoxy groups -OCH3 is 1. The van der Waals surface area contributed by atoms with Gasteiger partial charge in [0.1, 0.15) is 0 Å². The van der Waals surface area contributed by atoms with E-state index in [-0.39, 0.29) is 35.5 Å². The summed E-state index contributed by atoms with van der Waals surface area (Å²) in [6.07, 6.45) is 1.000. The Kier molecular flexibility index (Phi) is 5.84. The van der Waals surface area contributed by atoms with Crippen molar-refractivity contribution in [3.8, 4) is 11.5 Å². The fourth-order valence-corrected chi connectivity index (χ4v) is 4.96. The van der Waals surface area contributed by atoms with Crippen LogP contribution in [0.4, 0.5) is 0 Å². The van der Waals surface area contributed by atoms with Crippen molar-refractivity contribution in [2.24, 2.45) is 0 Å². The number of halogens is 3. The van der Waals surface area contributed by atoms with Crippen molar-refractivity contribution in [1.29, 1.82) is 0 Å². The Hall–Kier alpha value is -2.02. The van der Waals surface area contributed by atoms with Crippen LogP contribution in [0.25, 0.3) is 0 Å². The van der Waals surface area contributed by atoms with Crippen molar-refractivity contribution in [2.75, 3.05) is 7.11 Å². The van der Waals surface area contributed by atoms with Crippen LogP contribution >= 0.6 is 39.1 Å². The van der Waals surface area contributed by atoms with E-state index in [4.69, 9.17) is 27.9 Å². The maximum absolute atomic E-state index is 13.2. The van der Waals surface area contributed by atoms with Gasteiger partial charge < -0.3 is 15.2 Å². The molecule has 30 heavy (non-hydrogen) atoms. The number of carbonyl (C=O) groups is 2. The lowest BCUT2D eigenvalue weighted by atomic mass is 9.73. The third-order valence-electron chi connectivity index (χ3n) is 5.62. The van der Waals surface area contributed by atoms with Crippen LogP contribution in [0.5, 0.6) is 11.5 Å². The number of ketones is 1. The number of aromatic hydroxyl groups is 1. The second kappa shape index (κ2) is 8.25. The largest absolute Gasteiger partial charge is 0.503 e.